The first-order valence-electron chi connectivity index (χ1n) is 8.28. The van der Waals surface area contributed by atoms with E-state index in [1.807, 2.05) is 25.1 Å². The van der Waals surface area contributed by atoms with Gasteiger partial charge in [0.05, 0.1) is 13.2 Å². The van der Waals surface area contributed by atoms with Gasteiger partial charge < -0.3 is 14.8 Å². The standard InChI is InChI=1S/C18H29NO3/c1-5-10-21-15-8-9-16(17(13-15)22-11-6-2)14(4)12-18(20)19-7-3/h8-9,13-14H,5-7,10-12H2,1-4H3,(H,19,20). The minimum atomic E-state index is 0.0720. The van der Waals surface area contributed by atoms with Crippen LogP contribution >= 0.6 is 0 Å². The van der Waals surface area contributed by atoms with E-state index >= 15 is 0 Å². The van der Waals surface area contributed by atoms with E-state index in [0.717, 1.165) is 29.9 Å². The number of amides is 1. The highest BCUT2D eigenvalue weighted by Gasteiger charge is 2.16. The molecule has 0 aliphatic carbocycles. The van der Waals surface area contributed by atoms with Crippen LogP contribution in [0.25, 0.3) is 0 Å². The first-order valence-corrected chi connectivity index (χ1v) is 8.28. The van der Waals surface area contributed by atoms with Crippen molar-refractivity contribution in [3.8, 4) is 11.5 Å². The minimum absolute atomic E-state index is 0.0720. The van der Waals surface area contributed by atoms with E-state index in [4.69, 9.17) is 9.47 Å². The molecule has 0 saturated heterocycles. The summed E-state index contributed by atoms with van der Waals surface area (Å²) in [6.45, 7) is 10.2. The Balaban J connectivity index is 2.87. The highest BCUT2D eigenvalue weighted by Crippen LogP contribution is 2.32. The van der Waals surface area contributed by atoms with Crippen LogP contribution in [0.5, 0.6) is 11.5 Å². The average Bonchev–Trinajstić information content (AvgIpc) is 2.51. The number of hydrogen-bond donors (Lipinski definition) is 1. The van der Waals surface area contributed by atoms with Gasteiger partial charge >= 0.3 is 0 Å². The van der Waals surface area contributed by atoms with Crippen molar-refractivity contribution < 1.29 is 14.3 Å². The van der Waals surface area contributed by atoms with Crippen molar-refractivity contribution in [3.63, 3.8) is 0 Å². The molecule has 0 bridgehead atoms. The fourth-order valence-electron chi connectivity index (χ4n) is 2.23. The molecule has 0 aromatic heterocycles. The topological polar surface area (TPSA) is 47.6 Å². The Bertz CT molecular complexity index is 460. The lowest BCUT2D eigenvalue weighted by molar-refractivity contribution is -0.121. The monoisotopic (exact) mass is 307 g/mol. The molecule has 0 saturated carbocycles. The van der Waals surface area contributed by atoms with Gasteiger partial charge in [-0.25, -0.2) is 0 Å². The van der Waals surface area contributed by atoms with Crippen LogP contribution in [0.3, 0.4) is 0 Å². The van der Waals surface area contributed by atoms with Crippen LogP contribution in [-0.4, -0.2) is 25.7 Å². The summed E-state index contributed by atoms with van der Waals surface area (Å²) >= 11 is 0. The van der Waals surface area contributed by atoms with Gasteiger partial charge in [-0.2, -0.15) is 0 Å². The number of benzene rings is 1. The number of carbonyl (C=O) groups is 1. The molecular formula is C18H29NO3. The van der Waals surface area contributed by atoms with Crippen molar-refractivity contribution in [3.05, 3.63) is 23.8 Å². The molecule has 0 aliphatic rings. The number of hydrogen-bond acceptors (Lipinski definition) is 3. The molecule has 1 aromatic carbocycles. The van der Waals surface area contributed by atoms with Gasteiger partial charge in [-0.1, -0.05) is 26.8 Å². The molecule has 0 fully saturated rings. The summed E-state index contributed by atoms with van der Waals surface area (Å²) in [7, 11) is 0. The van der Waals surface area contributed by atoms with Gasteiger partial charge in [0, 0.05) is 19.0 Å². The van der Waals surface area contributed by atoms with Crippen LogP contribution in [-0.2, 0) is 4.79 Å². The van der Waals surface area contributed by atoms with E-state index in [0.29, 0.717) is 26.2 Å². The largest absolute Gasteiger partial charge is 0.493 e. The molecular weight excluding hydrogens is 278 g/mol. The summed E-state index contributed by atoms with van der Waals surface area (Å²) in [6, 6.07) is 5.91. The fourth-order valence-corrected chi connectivity index (χ4v) is 2.23. The summed E-state index contributed by atoms with van der Waals surface area (Å²) in [4.78, 5) is 11.8. The van der Waals surface area contributed by atoms with Crippen LogP contribution < -0.4 is 14.8 Å². The summed E-state index contributed by atoms with van der Waals surface area (Å²) in [5, 5.41) is 2.84. The molecule has 1 atom stereocenters. The number of rotatable bonds is 10. The highest BCUT2D eigenvalue weighted by molar-refractivity contribution is 5.76. The van der Waals surface area contributed by atoms with Crippen molar-refractivity contribution in [1.29, 1.82) is 0 Å². The molecule has 1 unspecified atom stereocenters. The number of nitrogens with one attached hydrogen (secondary N) is 1. The Kier molecular flexibility index (Phi) is 8.41. The van der Waals surface area contributed by atoms with Crippen molar-refractivity contribution >= 4 is 5.91 Å². The normalized spacial score (nSPS) is 11.8. The van der Waals surface area contributed by atoms with E-state index in [1.165, 1.54) is 0 Å². The number of ether oxygens (including phenoxy) is 2. The van der Waals surface area contributed by atoms with Crippen molar-refractivity contribution in [2.75, 3.05) is 19.8 Å². The summed E-state index contributed by atoms with van der Waals surface area (Å²) < 4.78 is 11.5. The second-order valence-electron chi connectivity index (χ2n) is 5.46. The first-order chi connectivity index (χ1) is 10.6. The Hall–Kier alpha value is -1.71. The van der Waals surface area contributed by atoms with E-state index in [-0.39, 0.29) is 11.8 Å². The average molecular weight is 307 g/mol. The van der Waals surface area contributed by atoms with E-state index in [9.17, 15) is 4.79 Å². The quantitative estimate of drug-likeness (QED) is 0.713. The Morgan fingerprint density at radius 2 is 1.82 bits per heavy atom. The summed E-state index contributed by atoms with van der Waals surface area (Å²) in [6.07, 6.45) is 2.39. The predicted molar refractivity (Wildman–Crippen MR) is 89.7 cm³/mol. The lowest BCUT2D eigenvalue weighted by Gasteiger charge is -2.18. The Morgan fingerprint density at radius 1 is 1.14 bits per heavy atom. The third kappa shape index (κ3) is 5.96. The number of carbonyl (C=O) groups excluding carboxylic acids is 1. The highest BCUT2D eigenvalue weighted by atomic mass is 16.5. The second kappa shape index (κ2) is 10.1. The molecule has 0 spiro atoms. The first kappa shape index (κ1) is 18.3. The SMILES string of the molecule is CCCOc1ccc(C(C)CC(=O)NCC)c(OCCC)c1. The van der Waals surface area contributed by atoms with Gasteiger partial charge in [-0.15, -0.1) is 0 Å². The lowest BCUT2D eigenvalue weighted by Crippen LogP contribution is -2.24. The lowest BCUT2D eigenvalue weighted by atomic mass is 9.96. The van der Waals surface area contributed by atoms with Gasteiger partial charge in [-0.05, 0) is 37.3 Å². The van der Waals surface area contributed by atoms with Crippen LogP contribution in [0.2, 0.25) is 0 Å². The molecule has 1 N–H and O–H groups in total. The van der Waals surface area contributed by atoms with Gasteiger partial charge in [0.15, 0.2) is 0 Å². The van der Waals surface area contributed by atoms with Crippen molar-refractivity contribution in [2.45, 2.75) is 52.9 Å². The van der Waals surface area contributed by atoms with Crippen LogP contribution in [0, 0.1) is 0 Å². The molecule has 4 heteroatoms. The maximum atomic E-state index is 11.8. The predicted octanol–water partition coefficient (Wildman–Crippen LogP) is 3.89. The molecule has 0 radical (unpaired) electrons. The Labute approximate surface area is 134 Å². The summed E-state index contributed by atoms with van der Waals surface area (Å²) in [5.74, 6) is 1.83. The third-order valence-electron chi connectivity index (χ3n) is 3.32. The van der Waals surface area contributed by atoms with Crippen LogP contribution in [0.4, 0.5) is 0 Å². The molecule has 22 heavy (non-hydrogen) atoms. The van der Waals surface area contributed by atoms with Gasteiger partial charge in [0.25, 0.3) is 0 Å². The Morgan fingerprint density at radius 3 is 2.45 bits per heavy atom. The zero-order valence-corrected chi connectivity index (χ0v) is 14.3. The molecule has 1 aromatic rings. The van der Waals surface area contributed by atoms with Crippen molar-refractivity contribution in [2.24, 2.45) is 0 Å². The minimum Gasteiger partial charge on any atom is -0.493 e. The molecule has 0 heterocycles. The molecule has 124 valence electrons. The molecule has 1 rings (SSSR count). The second-order valence-corrected chi connectivity index (χ2v) is 5.46. The zero-order valence-electron chi connectivity index (χ0n) is 14.3. The van der Waals surface area contributed by atoms with Gasteiger partial charge in [0.2, 0.25) is 5.91 Å². The van der Waals surface area contributed by atoms with E-state index in [2.05, 4.69) is 26.1 Å². The zero-order chi connectivity index (χ0) is 16.4. The molecule has 1 amide bonds. The van der Waals surface area contributed by atoms with Crippen LogP contribution in [0.15, 0.2) is 18.2 Å². The molecule has 4 nitrogen and oxygen atoms in total. The maximum absolute atomic E-state index is 11.8. The van der Waals surface area contributed by atoms with E-state index in [1.54, 1.807) is 0 Å². The van der Waals surface area contributed by atoms with Crippen molar-refractivity contribution in [1.82, 2.24) is 5.32 Å². The van der Waals surface area contributed by atoms with Crippen LogP contribution in [0.1, 0.15) is 58.4 Å². The van der Waals surface area contributed by atoms with Gasteiger partial charge in [-0.3, -0.25) is 4.79 Å². The fraction of sp³-hybridized carbons (Fsp3) is 0.611. The third-order valence-corrected chi connectivity index (χ3v) is 3.32. The van der Waals surface area contributed by atoms with Gasteiger partial charge in [0.1, 0.15) is 11.5 Å². The maximum Gasteiger partial charge on any atom is 0.220 e. The molecule has 0 aliphatic heterocycles. The smallest absolute Gasteiger partial charge is 0.220 e. The van der Waals surface area contributed by atoms with E-state index < -0.39 is 0 Å². The summed E-state index contributed by atoms with van der Waals surface area (Å²) in [5.41, 5.74) is 1.06.